The van der Waals surface area contributed by atoms with E-state index >= 15 is 0 Å². The van der Waals surface area contributed by atoms with E-state index in [1.165, 1.54) is 10.9 Å². The Bertz CT molecular complexity index is 952. The highest BCUT2D eigenvalue weighted by Crippen LogP contribution is 2.15. The molecule has 3 aromatic rings. The molecule has 128 valence electrons. The normalized spacial score (nSPS) is 10.6. The van der Waals surface area contributed by atoms with E-state index in [0.29, 0.717) is 17.9 Å². The van der Waals surface area contributed by atoms with Crippen LogP contribution in [0.15, 0.2) is 58.1 Å². The molecule has 0 saturated heterocycles. The molecule has 0 radical (unpaired) electrons. The molecule has 3 rings (SSSR count). The van der Waals surface area contributed by atoms with Crippen molar-refractivity contribution >= 4 is 29.1 Å². The standard InChI is InChI=1S/C17H13Cl2N3O3/c18-14-9-21-22(17(24)15(14)19)10-11-3-1-4-12(7-11)16(23)20-8-13-5-2-6-25-13/h1-7,9H,8,10H2,(H,20,23). The van der Waals surface area contributed by atoms with Crippen LogP contribution in [0.2, 0.25) is 10.0 Å². The van der Waals surface area contributed by atoms with Crippen LogP contribution >= 0.6 is 23.2 Å². The van der Waals surface area contributed by atoms with E-state index in [4.69, 9.17) is 27.6 Å². The zero-order valence-corrected chi connectivity index (χ0v) is 14.4. The second kappa shape index (κ2) is 7.55. The Labute approximate surface area is 153 Å². The second-order valence-electron chi connectivity index (χ2n) is 5.23. The van der Waals surface area contributed by atoms with Crippen LogP contribution in [-0.4, -0.2) is 15.7 Å². The molecule has 1 amide bonds. The average molecular weight is 378 g/mol. The van der Waals surface area contributed by atoms with Crippen molar-refractivity contribution in [3.05, 3.63) is 86.1 Å². The summed E-state index contributed by atoms with van der Waals surface area (Å²) in [6, 6.07) is 10.4. The number of aromatic nitrogens is 2. The molecule has 25 heavy (non-hydrogen) atoms. The lowest BCUT2D eigenvalue weighted by Crippen LogP contribution is -2.25. The van der Waals surface area contributed by atoms with Gasteiger partial charge in [0, 0.05) is 5.56 Å². The van der Waals surface area contributed by atoms with Gasteiger partial charge >= 0.3 is 0 Å². The summed E-state index contributed by atoms with van der Waals surface area (Å²) in [7, 11) is 0. The Morgan fingerprint density at radius 2 is 2.08 bits per heavy atom. The highest BCUT2D eigenvalue weighted by Gasteiger charge is 2.10. The fraction of sp³-hybridized carbons (Fsp3) is 0.118. The predicted molar refractivity (Wildman–Crippen MR) is 93.9 cm³/mol. The third-order valence-electron chi connectivity index (χ3n) is 3.47. The molecule has 0 fully saturated rings. The van der Waals surface area contributed by atoms with Crippen LogP contribution in [0, 0.1) is 0 Å². The van der Waals surface area contributed by atoms with Gasteiger partial charge in [-0.15, -0.1) is 0 Å². The van der Waals surface area contributed by atoms with Gasteiger partial charge in [0.15, 0.2) is 0 Å². The van der Waals surface area contributed by atoms with E-state index in [9.17, 15) is 9.59 Å². The molecule has 0 spiro atoms. The number of halogens is 2. The van der Waals surface area contributed by atoms with Gasteiger partial charge in [0.2, 0.25) is 0 Å². The Hall–Kier alpha value is -2.57. The number of hydrogen-bond donors (Lipinski definition) is 1. The number of furan rings is 1. The predicted octanol–water partition coefficient (Wildman–Crippen LogP) is 3.12. The zero-order valence-electron chi connectivity index (χ0n) is 12.9. The largest absolute Gasteiger partial charge is 0.467 e. The van der Waals surface area contributed by atoms with E-state index in [-0.39, 0.29) is 22.5 Å². The Balaban J connectivity index is 1.74. The van der Waals surface area contributed by atoms with Gasteiger partial charge in [-0.25, -0.2) is 4.68 Å². The first-order valence-corrected chi connectivity index (χ1v) is 8.11. The molecule has 0 bridgehead atoms. The maximum Gasteiger partial charge on any atom is 0.287 e. The summed E-state index contributed by atoms with van der Waals surface area (Å²) in [5.74, 6) is 0.420. The lowest BCUT2D eigenvalue weighted by atomic mass is 10.1. The van der Waals surface area contributed by atoms with Gasteiger partial charge in [-0.2, -0.15) is 5.10 Å². The molecular weight excluding hydrogens is 365 g/mol. The van der Waals surface area contributed by atoms with Gasteiger partial charge in [0.1, 0.15) is 10.8 Å². The molecule has 6 nitrogen and oxygen atoms in total. The summed E-state index contributed by atoms with van der Waals surface area (Å²) >= 11 is 11.6. The number of carbonyl (C=O) groups excluding carboxylic acids is 1. The maximum atomic E-state index is 12.2. The van der Waals surface area contributed by atoms with Gasteiger partial charge in [0.05, 0.1) is 30.6 Å². The van der Waals surface area contributed by atoms with Crippen molar-refractivity contribution in [1.29, 1.82) is 0 Å². The molecular formula is C17H13Cl2N3O3. The molecule has 2 aromatic heterocycles. The van der Waals surface area contributed by atoms with Crippen LogP contribution < -0.4 is 10.9 Å². The number of nitrogens with zero attached hydrogens (tertiary/aromatic N) is 2. The molecule has 0 saturated carbocycles. The van der Waals surface area contributed by atoms with Crippen LogP contribution in [0.3, 0.4) is 0 Å². The molecule has 1 aromatic carbocycles. The van der Waals surface area contributed by atoms with Crippen LogP contribution in [0.5, 0.6) is 0 Å². The van der Waals surface area contributed by atoms with E-state index < -0.39 is 5.56 Å². The highest BCUT2D eigenvalue weighted by atomic mass is 35.5. The van der Waals surface area contributed by atoms with Crippen LogP contribution in [0.4, 0.5) is 0 Å². The molecule has 0 aliphatic carbocycles. The van der Waals surface area contributed by atoms with Crippen molar-refractivity contribution in [2.75, 3.05) is 0 Å². The van der Waals surface area contributed by atoms with Crippen molar-refractivity contribution in [2.24, 2.45) is 0 Å². The average Bonchev–Trinajstić information content (AvgIpc) is 3.14. The van der Waals surface area contributed by atoms with Gasteiger partial charge in [-0.1, -0.05) is 35.3 Å². The van der Waals surface area contributed by atoms with Crippen molar-refractivity contribution < 1.29 is 9.21 Å². The number of nitrogens with one attached hydrogen (secondary N) is 1. The minimum absolute atomic E-state index is 0.0796. The Morgan fingerprint density at radius 3 is 2.84 bits per heavy atom. The fourth-order valence-corrected chi connectivity index (χ4v) is 2.49. The number of hydrogen-bond acceptors (Lipinski definition) is 4. The third-order valence-corrected chi connectivity index (χ3v) is 4.22. The van der Waals surface area contributed by atoms with Crippen molar-refractivity contribution in [3.8, 4) is 0 Å². The first-order valence-electron chi connectivity index (χ1n) is 7.35. The van der Waals surface area contributed by atoms with Gasteiger partial charge < -0.3 is 9.73 Å². The zero-order chi connectivity index (χ0) is 17.8. The summed E-state index contributed by atoms with van der Waals surface area (Å²) in [6.07, 6.45) is 2.86. The highest BCUT2D eigenvalue weighted by molar-refractivity contribution is 6.41. The van der Waals surface area contributed by atoms with Crippen molar-refractivity contribution in [3.63, 3.8) is 0 Å². The monoisotopic (exact) mass is 377 g/mol. The maximum absolute atomic E-state index is 12.2. The minimum Gasteiger partial charge on any atom is -0.467 e. The smallest absolute Gasteiger partial charge is 0.287 e. The first-order chi connectivity index (χ1) is 12.0. The third kappa shape index (κ3) is 4.10. The van der Waals surface area contributed by atoms with E-state index in [2.05, 4.69) is 10.4 Å². The quantitative estimate of drug-likeness (QED) is 0.740. The molecule has 8 heteroatoms. The molecule has 2 heterocycles. The number of amides is 1. The lowest BCUT2D eigenvalue weighted by Gasteiger charge is -2.08. The number of carbonyl (C=O) groups is 1. The summed E-state index contributed by atoms with van der Waals surface area (Å²) in [5, 5.41) is 6.74. The SMILES string of the molecule is O=C(NCc1ccco1)c1cccc(Cn2ncc(Cl)c(Cl)c2=O)c1. The summed E-state index contributed by atoms with van der Waals surface area (Å²) in [6.45, 7) is 0.471. The molecule has 0 atom stereocenters. The van der Waals surface area contributed by atoms with Crippen molar-refractivity contribution in [1.82, 2.24) is 15.1 Å². The second-order valence-corrected chi connectivity index (χ2v) is 6.02. The lowest BCUT2D eigenvalue weighted by molar-refractivity contribution is 0.0948. The van der Waals surface area contributed by atoms with Crippen LogP contribution in [0.1, 0.15) is 21.7 Å². The molecule has 1 N–H and O–H groups in total. The molecule has 0 aliphatic heterocycles. The fourth-order valence-electron chi connectivity index (χ4n) is 2.22. The summed E-state index contributed by atoms with van der Waals surface area (Å²) in [4.78, 5) is 24.3. The van der Waals surface area contributed by atoms with Crippen LogP contribution in [-0.2, 0) is 13.1 Å². The number of benzene rings is 1. The van der Waals surface area contributed by atoms with E-state index in [1.54, 1.807) is 42.7 Å². The van der Waals surface area contributed by atoms with E-state index in [1.807, 2.05) is 0 Å². The van der Waals surface area contributed by atoms with Crippen molar-refractivity contribution in [2.45, 2.75) is 13.1 Å². The molecule has 0 unspecified atom stereocenters. The topological polar surface area (TPSA) is 77.1 Å². The Kier molecular flexibility index (Phi) is 5.21. The number of rotatable bonds is 5. The van der Waals surface area contributed by atoms with Gasteiger partial charge in [0.25, 0.3) is 11.5 Å². The summed E-state index contributed by atoms with van der Waals surface area (Å²) < 4.78 is 6.36. The summed E-state index contributed by atoms with van der Waals surface area (Å²) in [5.41, 5.74) is 0.720. The van der Waals surface area contributed by atoms with Crippen LogP contribution in [0.25, 0.3) is 0 Å². The Morgan fingerprint density at radius 1 is 1.24 bits per heavy atom. The molecule has 0 aliphatic rings. The van der Waals surface area contributed by atoms with E-state index in [0.717, 1.165) is 5.56 Å². The minimum atomic E-state index is -0.484. The van der Waals surface area contributed by atoms with Gasteiger partial charge in [-0.3, -0.25) is 9.59 Å². The first kappa shape index (κ1) is 17.3. The van der Waals surface area contributed by atoms with Gasteiger partial charge in [-0.05, 0) is 29.8 Å².